The van der Waals surface area contributed by atoms with Crippen molar-refractivity contribution in [3.05, 3.63) is 78.2 Å². The molecule has 2 aliphatic heterocycles. The van der Waals surface area contributed by atoms with Gasteiger partial charge in [0.15, 0.2) is 11.2 Å². The van der Waals surface area contributed by atoms with Gasteiger partial charge in [0.25, 0.3) is 0 Å². The second-order valence-electron chi connectivity index (χ2n) is 13.4. The first-order chi connectivity index (χ1) is 22.4. The van der Waals surface area contributed by atoms with Crippen LogP contribution < -0.4 is 16.0 Å². The summed E-state index contributed by atoms with van der Waals surface area (Å²) in [5.74, 6) is -1.46. The fourth-order valence-corrected chi connectivity index (χ4v) is 8.02. The minimum Gasteiger partial charge on any atom is -0.469 e. The Bertz CT molecular complexity index is 2020. The Hall–Kier alpha value is -4.53. The van der Waals surface area contributed by atoms with Crippen molar-refractivity contribution in [3.8, 4) is 0 Å². The number of aromatic nitrogens is 3. The number of nitrogens with one attached hydrogen (secondary N) is 4. The Morgan fingerprint density at radius 2 is 1.57 bits per heavy atom. The molecule has 248 valence electrons. The third-order valence-corrected chi connectivity index (χ3v) is 10.8. The molecule has 0 aromatic carbocycles. The summed E-state index contributed by atoms with van der Waals surface area (Å²) in [6.45, 7) is 14.4. The van der Waals surface area contributed by atoms with Gasteiger partial charge < -0.3 is 29.7 Å². The summed E-state index contributed by atoms with van der Waals surface area (Å²) in [6.07, 6.45) is 9.91. The van der Waals surface area contributed by atoms with E-state index < -0.39 is 11.4 Å². The molecule has 3 aromatic rings. The van der Waals surface area contributed by atoms with E-state index in [9.17, 15) is 14.4 Å². The minimum atomic E-state index is -1.57. The summed E-state index contributed by atoms with van der Waals surface area (Å²) in [5, 5.41) is 5.71. The number of rotatable bonds is 7. The molecule has 1 fully saturated rings. The van der Waals surface area contributed by atoms with Crippen molar-refractivity contribution in [2.45, 2.75) is 80.6 Å². The highest BCUT2D eigenvalue weighted by atomic mass is 16.5. The first-order valence-electron chi connectivity index (χ1n) is 16.7. The SMILES string of the molecule is CCCc1c2[nH]c(c1C)C=C1NC(=C3c4[nH]c(c(C)c4C(=O)C3(C)C(=O)OC)C=c3[nH]c(c(C)c3CC)=C2)C(CCC(=O)OC)C1C. The zero-order valence-corrected chi connectivity index (χ0v) is 29.0. The van der Waals surface area contributed by atoms with Crippen LogP contribution in [0, 0.1) is 38.0 Å². The molecule has 8 bridgehead atoms. The maximum atomic E-state index is 14.4. The van der Waals surface area contributed by atoms with Gasteiger partial charge in [0.05, 0.1) is 19.9 Å². The molecule has 6 rings (SSSR count). The van der Waals surface area contributed by atoms with E-state index >= 15 is 0 Å². The Kier molecular flexibility index (Phi) is 8.22. The maximum Gasteiger partial charge on any atom is 0.324 e. The molecule has 0 spiro atoms. The molecule has 3 aliphatic rings. The average molecular weight is 639 g/mol. The molecule has 47 heavy (non-hydrogen) atoms. The molecular formula is C38H46N4O5. The van der Waals surface area contributed by atoms with E-state index in [-0.39, 0.29) is 30.0 Å². The highest BCUT2D eigenvalue weighted by Gasteiger charge is 2.57. The number of Topliss-reactive ketones (excluding diaryl/α,β-unsaturated/α-hetero) is 1. The molecule has 5 heterocycles. The Labute approximate surface area is 275 Å². The average Bonchev–Trinajstić information content (AvgIpc) is 3.77. The molecule has 9 heteroatoms. The van der Waals surface area contributed by atoms with Crippen molar-refractivity contribution < 1.29 is 23.9 Å². The number of ether oxygens (including phenoxy) is 2. The third-order valence-electron chi connectivity index (χ3n) is 10.8. The second kappa shape index (κ2) is 11.9. The monoisotopic (exact) mass is 638 g/mol. The molecule has 3 aromatic heterocycles. The molecule has 1 saturated heterocycles. The van der Waals surface area contributed by atoms with Crippen LogP contribution in [0.1, 0.15) is 108 Å². The fourth-order valence-electron chi connectivity index (χ4n) is 8.02. The summed E-state index contributed by atoms with van der Waals surface area (Å²) < 4.78 is 10.3. The Morgan fingerprint density at radius 3 is 2.23 bits per heavy atom. The highest BCUT2D eigenvalue weighted by Crippen LogP contribution is 2.53. The largest absolute Gasteiger partial charge is 0.469 e. The van der Waals surface area contributed by atoms with Gasteiger partial charge in [-0.25, -0.2) is 0 Å². The normalized spacial score (nSPS) is 21.3. The lowest BCUT2D eigenvalue weighted by Gasteiger charge is -2.26. The lowest BCUT2D eigenvalue weighted by molar-refractivity contribution is -0.146. The van der Waals surface area contributed by atoms with Crippen LogP contribution in [-0.2, 0) is 31.9 Å². The van der Waals surface area contributed by atoms with Gasteiger partial charge in [-0.2, -0.15) is 0 Å². The lowest BCUT2D eigenvalue weighted by Crippen LogP contribution is -2.36. The summed E-state index contributed by atoms with van der Waals surface area (Å²) in [4.78, 5) is 51.5. The molecule has 9 nitrogen and oxygen atoms in total. The van der Waals surface area contributed by atoms with Crippen LogP contribution in [0.25, 0.3) is 23.8 Å². The maximum absolute atomic E-state index is 14.4. The highest BCUT2D eigenvalue weighted by molar-refractivity contribution is 6.28. The number of carbonyl (C=O) groups excluding carboxylic acids is 3. The van der Waals surface area contributed by atoms with E-state index in [0.29, 0.717) is 23.3 Å². The predicted molar refractivity (Wildman–Crippen MR) is 183 cm³/mol. The third kappa shape index (κ3) is 4.85. The standard InChI is InChI=1S/C38H46N4O5/c1-10-12-23-19(4)25-15-27-20(5)24(13-14-31(43)46-8)34(41-27)33-35-32(36(44)38(33,7)37(45)47-9)21(6)28(42-35)17-29-22(11-2)18(3)26(39-29)16-30(23)40-25/h15-17,20,24,39-42H,10-14H2,1-9H3. The molecular weight excluding hydrogens is 592 g/mol. The lowest BCUT2D eigenvalue weighted by atomic mass is 9.77. The summed E-state index contributed by atoms with van der Waals surface area (Å²) in [5.41, 5.74) is 10.3. The smallest absolute Gasteiger partial charge is 0.324 e. The van der Waals surface area contributed by atoms with E-state index in [0.717, 1.165) is 64.0 Å². The van der Waals surface area contributed by atoms with E-state index in [4.69, 9.17) is 9.47 Å². The van der Waals surface area contributed by atoms with Crippen molar-refractivity contribution in [1.29, 1.82) is 0 Å². The Morgan fingerprint density at radius 1 is 0.872 bits per heavy atom. The van der Waals surface area contributed by atoms with Gasteiger partial charge in [-0.3, -0.25) is 14.4 Å². The van der Waals surface area contributed by atoms with Gasteiger partial charge in [0, 0.05) is 68.6 Å². The van der Waals surface area contributed by atoms with Gasteiger partial charge in [-0.15, -0.1) is 0 Å². The van der Waals surface area contributed by atoms with Crippen LogP contribution in [0.4, 0.5) is 0 Å². The number of hydrogen-bond acceptors (Lipinski definition) is 6. The van der Waals surface area contributed by atoms with E-state index in [1.807, 2.05) is 6.92 Å². The number of aromatic amines is 3. The van der Waals surface area contributed by atoms with Crippen molar-refractivity contribution in [1.82, 2.24) is 20.3 Å². The summed E-state index contributed by atoms with van der Waals surface area (Å²) in [7, 11) is 2.71. The first kappa shape index (κ1) is 32.4. The first-order valence-corrected chi connectivity index (χ1v) is 16.7. The van der Waals surface area contributed by atoms with Crippen LogP contribution in [0.3, 0.4) is 0 Å². The van der Waals surface area contributed by atoms with Crippen LogP contribution in [0.15, 0.2) is 11.4 Å². The molecule has 1 aliphatic carbocycles. The van der Waals surface area contributed by atoms with Gasteiger partial charge in [0.1, 0.15) is 0 Å². The number of methoxy groups -OCH3 is 2. The zero-order valence-electron chi connectivity index (χ0n) is 29.0. The summed E-state index contributed by atoms with van der Waals surface area (Å²) in [6, 6.07) is 0. The molecule has 3 unspecified atom stereocenters. The number of allylic oxidation sites excluding steroid dienone is 2. The molecule has 3 atom stereocenters. The second-order valence-corrected chi connectivity index (χ2v) is 13.4. The van der Waals surface area contributed by atoms with Crippen molar-refractivity contribution >= 4 is 41.5 Å². The zero-order chi connectivity index (χ0) is 33.9. The number of H-pyrrole nitrogens is 3. The van der Waals surface area contributed by atoms with Crippen molar-refractivity contribution in [3.63, 3.8) is 0 Å². The summed E-state index contributed by atoms with van der Waals surface area (Å²) >= 11 is 0. The van der Waals surface area contributed by atoms with Gasteiger partial charge in [-0.05, 0) is 93.0 Å². The van der Waals surface area contributed by atoms with E-state index in [1.165, 1.54) is 36.5 Å². The topological polar surface area (TPSA) is 129 Å². The van der Waals surface area contributed by atoms with E-state index in [1.54, 1.807) is 6.92 Å². The quantitative estimate of drug-likeness (QED) is 0.213. The van der Waals surface area contributed by atoms with Gasteiger partial charge in [-0.1, -0.05) is 27.2 Å². The van der Waals surface area contributed by atoms with Crippen LogP contribution in [0.2, 0.25) is 0 Å². The molecule has 0 saturated carbocycles. The number of ketones is 1. The van der Waals surface area contributed by atoms with Crippen LogP contribution in [-0.4, -0.2) is 46.9 Å². The number of carbonyl (C=O) groups is 3. The van der Waals surface area contributed by atoms with Gasteiger partial charge >= 0.3 is 11.9 Å². The number of fused-ring (bicyclic) bond motifs is 7. The molecule has 0 radical (unpaired) electrons. The van der Waals surface area contributed by atoms with Gasteiger partial charge in [0.2, 0.25) is 0 Å². The van der Waals surface area contributed by atoms with E-state index in [2.05, 4.69) is 73.1 Å². The van der Waals surface area contributed by atoms with Crippen molar-refractivity contribution in [2.75, 3.05) is 14.2 Å². The molecule has 0 amide bonds. The molecule has 4 N–H and O–H groups in total. The number of hydrogen-bond donors (Lipinski definition) is 4. The Balaban J connectivity index is 1.74. The number of esters is 2. The van der Waals surface area contributed by atoms with Crippen molar-refractivity contribution in [2.24, 2.45) is 17.3 Å². The van der Waals surface area contributed by atoms with Crippen LogP contribution in [0.5, 0.6) is 0 Å². The fraction of sp³-hybridized carbons (Fsp3) is 0.447. The minimum absolute atomic E-state index is 0.0503. The van der Waals surface area contributed by atoms with Crippen LogP contribution >= 0.6 is 0 Å². The predicted octanol–water partition coefficient (Wildman–Crippen LogP) is 5.02.